The maximum absolute atomic E-state index is 11.8. The highest BCUT2D eigenvalue weighted by Gasteiger charge is 2.27. The lowest BCUT2D eigenvalue weighted by Crippen LogP contribution is -2.20. The number of nitrogens with one attached hydrogen (secondary N) is 1. The summed E-state index contributed by atoms with van der Waals surface area (Å²) >= 11 is 0. The molecule has 17 heavy (non-hydrogen) atoms. The van der Waals surface area contributed by atoms with Gasteiger partial charge < -0.3 is 0 Å². The van der Waals surface area contributed by atoms with Crippen LogP contribution in [0.3, 0.4) is 0 Å². The van der Waals surface area contributed by atoms with Crippen LogP contribution in [0.15, 0.2) is 34.3 Å². The molecule has 0 bridgehead atoms. The molecule has 88 valence electrons. The van der Waals surface area contributed by atoms with Crippen molar-refractivity contribution in [2.45, 2.75) is 10.9 Å². The zero-order chi connectivity index (χ0) is 12.6. The van der Waals surface area contributed by atoms with Crippen molar-refractivity contribution in [3.8, 4) is 0 Å². The molecule has 0 fully saturated rings. The molecule has 0 amide bonds. The minimum Gasteiger partial charge on any atom is -0.291 e. The van der Waals surface area contributed by atoms with E-state index in [0.717, 1.165) is 0 Å². The van der Waals surface area contributed by atoms with E-state index in [1.807, 2.05) is 0 Å². The summed E-state index contributed by atoms with van der Waals surface area (Å²) in [6, 6.07) is 3.38. The number of nitrogens with zero attached hydrogens (tertiary/aromatic N) is 1. The molecule has 1 aromatic carbocycles. The summed E-state index contributed by atoms with van der Waals surface area (Å²) < 4.78 is 22.6. The molecule has 1 atom stereocenters. The number of benzene rings is 1. The van der Waals surface area contributed by atoms with E-state index in [1.54, 1.807) is 0 Å². The fourth-order valence-corrected chi connectivity index (χ4v) is 2.76. The van der Waals surface area contributed by atoms with Gasteiger partial charge in [0.15, 0.2) is 11.8 Å². The fraction of sp³-hybridized carbons (Fsp3) is 0.100. The molecule has 0 aliphatic heterocycles. The first-order valence-corrected chi connectivity index (χ1v) is 6.93. The summed E-state index contributed by atoms with van der Waals surface area (Å²) in [7, 11) is 1.38. The standard InChI is InChI=1S/C10H7ClN2O3S/c11-17(15,16)9-3-1-2-7-6(9)4-5-8(13-12)10(7)14/h1-5,8,12H. The van der Waals surface area contributed by atoms with E-state index in [1.165, 1.54) is 30.4 Å². The van der Waals surface area contributed by atoms with Gasteiger partial charge in [0, 0.05) is 21.8 Å². The van der Waals surface area contributed by atoms with Gasteiger partial charge in [-0.05, 0) is 12.1 Å². The Morgan fingerprint density at radius 2 is 2.06 bits per heavy atom. The van der Waals surface area contributed by atoms with Gasteiger partial charge in [0.1, 0.15) is 0 Å². The van der Waals surface area contributed by atoms with E-state index in [4.69, 9.17) is 16.2 Å². The predicted octanol–water partition coefficient (Wildman–Crippen LogP) is 2.22. The molecule has 0 radical (unpaired) electrons. The van der Waals surface area contributed by atoms with Crippen molar-refractivity contribution in [3.63, 3.8) is 0 Å². The molecule has 0 saturated heterocycles. The number of hydrogen-bond acceptors (Lipinski definition) is 5. The summed E-state index contributed by atoms with van der Waals surface area (Å²) in [6.07, 6.45) is 2.83. The van der Waals surface area contributed by atoms with Gasteiger partial charge in [-0.3, -0.25) is 4.79 Å². The van der Waals surface area contributed by atoms with E-state index >= 15 is 0 Å². The second-order valence-corrected chi connectivity index (χ2v) is 5.99. The summed E-state index contributed by atoms with van der Waals surface area (Å²) in [6.45, 7) is 0. The molecular formula is C10H7ClN2O3S. The van der Waals surface area contributed by atoms with Crippen LogP contribution < -0.4 is 0 Å². The van der Waals surface area contributed by atoms with Crippen LogP contribution in [-0.4, -0.2) is 20.2 Å². The van der Waals surface area contributed by atoms with Gasteiger partial charge in [0.25, 0.3) is 9.05 Å². The lowest BCUT2D eigenvalue weighted by molar-refractivity contribution is 0.0974. The highest BCUT2D eigenvalue weighted by molar-refractivity contribution is 8.13. The third-order valence-corrected chi connectivity index (χ3v) is 3.83. The average molecular weight is 271 g/mol. The van der Waals surface area contributed by atoms with Gasteiger partial charge >= 0.3 is 0 Å². The molecule has 1 N–H and O–H groups in total. The van der Waals surface area contributed by atoms with E-state index in [2.05, 4.69) is 5.11 Å². The third kappa shape index (κ3) is 2.01. The number of carbonyl (C=O) groups is 1. The number of carbonyl (C=O) groups excluding carboxylic acids is 1. The zero-order valence-electron chi connectivity index (χ0n) is 8.42. The van der Waals surface area contributed by atoms with Crippen molar-refractivity contribution in [2.75, 3.05) is 0 Å². The minimum absolute atomic E-state index is 0.107. The van der Waals surface area contributed by atoms with E-state index < -0.39 is 20.9 Å². The molecule has 2 rings (SSSR count). The highest BCUT2D eigenvalue weighted by atomic mass is 35.7. The van der Waals surface area contributed by atoms with Crippen LogP contribution in [0.2, 0.25) is 0 Å². The molecule has 0 heterocycles. The Hall–Kier alpha value is -1.53. The first kappa shape index (κ1) is 11.9. The first-order chi connectivity index (χ1) is 7.95. The molecular weight excluding hydrogens is 264 g/mol. The van der Waals surface area contributed by atoms with Crippen molar-refractivity contribution < 1.29 is 13.2 Å². The van der Waals surface area contributed by atoms with Crippen LogP contribution in [0.4, 0.5) is 0 Å². The Labute approximate surface area is 102 Å². The van der Waals surface area contributed by atoms with E-state index in [0.29, 0.717) is 0 Å². The van der Waals surface area contributed by atoms with Crippen molar-refractivity contribution in [3.05, 3.63) is 35.4 Å². The summed E-state index contributed by atoms with van der Waals surface area (Å²) in [5.74, 6) is -0.403. The topological polar surface area (TPSA) is 87.4 Å². The SMILES string of the molecule is N=NC1C=Cc2c(cccc2S(=O)(=O)Cl)C1=O. The maximum Gasteiger partial charge on any atom is 0.261 e. The first-order valence-electron chi connectivity index (χ1n) is 4.62. The number of ketones is 1. The molecule has 1 aliphatic rings. The molecule has 1 aromatic rings. The van der Waals surface area contributed by atoms with Crippen LogP contribution in [0.1, 0.15) is 15.9 Å². The van der Waals surface area contributed by atoms with Gasteiger partial charge in [-0.25, -0.2) is 13.9 Å². The molecule has 0 spiro atoms. The van der Waals surface area contributed by atoms with Gasteiger partial charge in [-0.1, -0.05) is 18.2 Å². The molecule has 0 saturated carbocycles. The number of fused-ring (bicyclic) bond motifs is 1. The molecule has 7 heteroatoms. The van der Waals surface area contributed by atoms with Crippen LogP contribution in [0.5, 0.6) is 0 Å². The molecule has 1 unspecified atom stereocenters. The zero-order valence-corrected chi connectivity index (χ0v) is 9.99. The van der Waals surface area contributed by atoms with Crippen molar-refractivity contribution in [2.24, 2.45) is 5.11 Å². The number of hydrogen-bond donors (Lipinski definition) is 1. The molecule has 0 aromatic heterocycles. The van der Waals surface area contributed by atoms with Crippen LogP contribution in [-0.2, 0) is 9.05 Å². The highest BCUT2D eigenvalue weighted by Crippen LogP contribution is 2.29. The Bertz CT molecular complexity index is 637. The fourth-order valence-electron chi connectivity index (χ4n) is 1.68. The van der Waals surface area contributed by atoms with Gasteiger partial charge in [0.05, 0.1) is 4.90 Å². The van der Waals surface area contributed by atoms with Gasteiger partial charge in [-0.15, -0.1) is 0 Å². The predicted molar refractivity (Wildman–Crippen MR) is 61.8 cm³/mol. The largest absolute Gasteiger partial charge is 0.291 e. The minimum atomic E-state index is -3.90. The number of halogens is 1. The van der Waals surface area contributed by atoms with Gasteiger partial charge in [0.2, 0.25) is 0 Å². The third-order valence-electron chi connectivity index (χ3n) is 2.45. The molecule has 1 aliphatic carbocycles. The monoisotopic (exact) mass is 270 g/mol. The lowest BCUT2D eigenvalue weighted by Gasteiger charge is -2.15. The summed E-state index contributed by atoms with van der Waals surface area (Å²) in [5, 5.41) is 3.15. The normalized spacial score (nSPS) is 18.9. The maximum atomic E-state index is 11.8. The Balaban J connectivity index is 2.71. The summed E-state index contributed by atoms with van der Waals surface area (Å²) in [4.78, 5) is 11.7. The average Bonchev–Trinajstić information content (AvgIpc) is 2.28. The Kier molecular flexibility index (Phi) is 2.84. The quantitative estimate of drug-likeness (QED) is 0.660. The number of rotatable bonds is 2. The van der Waals surface area contributed by atoms with E-state index in [-0.39, 0.29) is 16.0 Å². The smallest absolute Gasteiger partial charge is 0.261 e. The van der Waals surface area contributed by atoms with Crippen LogP contribution >= 0.6 is 10.7 Å². The van der Waals surface area contributed by atoms with Crippen molar-refractivity contribution in [1.29, 1.82) is 5.53 Å². The van der Waals surface area contributed by atoms with Crippen LogP contribution in [0.25, 0.3) is 6.08 Å². The second kappa shape index (κ2) is 4.05. The summed E-state index contributed by atoms with van der Waals surface area (Å²) in [5.41, 5.74) is 7.33. The van der Waals surface area contributed by atoms with Gasteiger partial charge in [-0.2, -0.15) is 5.11 Å². The molecule has 5 nitrogen and oxygen atoms in total. The Morgan fingerprint density at radius 3 is 2.65 bits per heavy atom. The lowest BCUT2D eigenvalue weighted by atomic mass is 9.93. The second-order valence-electron chi connectivity index (χ2n) is 3.45. The number of Topliss-reactive ketones (excluding diaryl/α,β-unsaturated/α-hetero) is 1. The Morgan fingerprint density at radius 1 is 1.35 bits per heavy atom. The van der Waals surface area contributed by atoms with E-state index in [9.17, 15) is 13.2 Å². The van der Waals surface area contributed by atoms with Crippen molar-refractivity contribution in [1.82, 2.24) is 0 Å². The van der Waals surface area contributed by atoms with Crippen LogP contribution in [0, 0.1) is 5.53 Å². The van der Waals surface area contributed by atoms with Crippen molar-refractivity contribution >= 4 is 31.6 Å².